The first-order valence-corrected chi connectivity index (χ1v) is 6.47. The van der Waals surface area contributed by atoms with Crippen molar-refractivity contribution in [1.29, 1.82) is 0 Å². The summed E-state index contributed by atoms with van der Waals surface area (Å²) in [5, 5.41) is 0. The molecular weight excluding hydrogens is 236 g/mol. The van der Waals surface area contributed by atoms with Crippen LogP contribution in [0.2, 0.25) is 0 Å². The molecule has 0 bridgehead atoms. The van der Waals surface area contributed by atoms with Crippen LogP contribution in [0.25, 0.3) is 0 Å². The zero-order valence-corrected chi connectivity index (χ0v) is 11.7. The van der Waals surface area contributed by atoms with E-state index in [2.05, 4.69) is 53.0 Å². The Kier molecular flexibility index (Phi) is 4.00. The molecule has 100 valence electrons. The number of aromatic nitrogens is 2. The summed E-state index contributed by atoms with van der Waals surface area (Å²) in [6.07, 6.45) is 1.78. The Morgan fingerprint density at radius 3 is 2.53 bits per heavy atom. The van der Waals surface area contributed by atoms with E-state index in [0.29, 0.717) is 12.0 Å². The van der Waals surface area contributed by atoms with E-state index in [-0.39, 0.29) is 0 Å². The molecular formula is C15H20N4. The van der Waals surface area contributed by atoms with Crippen molar-refractivity contribution in [3.05, 3.63) is 47.7 Å². The molecule has 19 heavy (non-hydrogen) atoms. The Morgan fingerprint density at radius 1 is 1.21 bits per heavy atom. The van der Waals surface area contributed by atoms with Crippen molar-refractivity contribution in [2.45, 2.75) is 33.4 Å². The predicted molar refractivity (Wildman–Crippen MR) is 78.9 cm³/mol. The molecule has 0 aliphatic rings. The number of anilines is 2. The minimum absolute atomic E-state index is 0.319. The van der Waals surface area contributed by atoms with Crippen molar-refractivity contribution in [3.63, 3.8) is 0 Å². The number of hydrogen-bond acceptors (Lipinski definition) is 4. The SMILES string of the molecule is Cc1cnc(N)nc1N(Cc1ccccc1)C(C)C. The third-order valence-corrected chi connectivity index (χ3v) is 3.05. The maximum absolute atomic E-state index is 5.71. The Balaban J connectivity index is 2.32. The second kappa shape index (κ2) is 5.69. The molecule has 0 saturated carbocycles. The summed E-state index contributed by atoms with van der Waals surface area (Å²) in [7, 11) is 0. The van der Waals surface area contributed by atoms with Gasteiger partial charge in [-0.3, -0.25) is 0 Å². The van der Waals surface area contributed by atoms with Crippen LogP contribution in [0.3, 0.4) is 0 Å². The first-order valence-electron chi connectivity index (χ1n) is 6.47. The van der Waals surface area contributed by atoms with Crippen LogP contribution < -0.4 is 10.6 Å². The molecule has 0 amide bonds. The van der Waals surface area contributed by atoms with Gasteiger partial charge in [0.25, 0.3) is 0 Å². The second-order valence-corrected chi connectivity index (χ2v) is 4.94. The molecule has 2 rings (SSSR count). The minimum atomic E-state index is 0.319. The lowest BCUT2D eigenvalue weighted by atomic mass is 10.1. The van der Waals surface area contributed by atoms with Gasteiger partial charge in [-0.25, -0.2) is 4.98 Å². The van der Waals surface area contributed by atoms with Gasteiger partial charge < -0.3 is 10.6 Å². The van der Waals surface area contributed by atoms with Crippen molar-refractivity contribution < 1.29 is 0 Å². The first-order chi connectivity index (χ1) is 9.08. The minimum Gasteiger partial charge on any atom is -0.368 e. The fourth-order valence-electron chi connectivity index (χ4n) is 2.02. The monoisotopic (exact) mass is 256 g/mol. The van der Waals surface area contributed by atoms with Crippen LogP contribution in [-0.4, -0.2) is 16.0 Å². The summed E-state index contributed by atoms with van der Waals surface area (Å²) in [4.78, 5) is 10.6. The summed E-state index contributed by atoms with van der Waals surface area (Å²) < 4.78 is 0. The Bertz CT molecular complexity index is 537. The number of nitrogen functional groups attached to an aromatic ring is 1. The maximum Gasteiger partial charge on any atom is 0.221 e. The normalized spacial score (nSPS) is 10.7. The Morgan fingerprint density at radius 2 is 1.89 bits per heavy atom. The highest BCUT2D eigenvalue weighted by Crippen LogP contribution is 2.21. The zero-order valence-electron chi connectivity index (χ0n) is 11.7. The lowest BCUT2D eigenvalue weighted by Gasteiger charge is -2.29. The number of aryl methyl sites for hydroxylation is 1. The van der Waals surface area contributed by atoms with Crippen molar-refractivity contribution in [2.75, 3.05) is 10.6 Å². The molecule has 4 nitrogen and oxygen atoms in total. The Labute approximate surface area is 114 Å². The van der Waals surface area contributed by atoms with Crippen LogP contribution in [0.5, 0.6) is 0 Å². The molecule has 2 aromatic rings. The number of hydrogen-bond donors (Lipinski definition) is 1. The van der Waals surface area contributed by atoms with Gasteiger partial charge in [0.15, 0.2) is 0 Å². The average Bonchev–Trinajstić information content (AvgIpc) is 2.40. The van der Waals surface area contributed by atoms with Crippen molar-refractivity contribution in [1.82, 2.24) is 9.97 Å². The summed E-state index contributed by atoms with van der Waals surface area (Å²) in [6.45, 7) is 7.13. The molecule has 0 fully saturated rings. The van der Waals surface area contributed by atoms with Gasteiger partial charge in [0, 0.05) is 24.3 Å². The zero-order chi connectivity index (χ0) is 13.8. The van der Waals surface area contributed by atoms with Gasteiger partial charge in [-0.2, -0.15) is 4.98 Å². The third-order valence-electron chi connectivity index (χ3n) is 3.05. The fraction of sp³-hybridized carbons (Fsp3) is 0.333. The van der Waals surface area contributed by atoms with Gasteiger partial charge in [-0.15, -0.1) is 0 Å². The third kappa shape index (κ3) is 3.22. The van der Waals surface area contributed by atoms with Crippen molar-refractivity contribution in [2.24, 2.45) is 0 Å². The molecule has 0 aliphatic carbocycles. The van der Waals surface area contributed by atoms with Crippen LogP contribution in [-0.2, 0) is 6.54 Å². The summed E-state index contributed by atoms with van der Waals surface area (Å²) in [5.41, 5.74) is 8.01. The highest BCUT2D eigenvalue weighted by Gasteiger charge is 2.15. The smallest absolute Gasteiger partial charge is 0.221 e. The largest absolute Gasteiger partial charge is 0.368 e. The van der Waals surface area contributed by atoms with Gasteiger partial charge in [0.2, 0.25) is 5.95 Å². The van der Waals surface area contributed by atoms with E-state index < -0.39 is 0 Å². The highest BCUT2D eigenvalue weighted by molar-refractivity contribution is 5.49. The van der Waals surface area contributed by atoms with Gasteiger partial charge in [0.1, 0.15) is 5.82 Å². The lowest BCUT2D eigenvalue weighted by molar-refractivity contribution is 0.669. The van der Waals surface area contributed by atoms with Crippen LogP contribution in [0.15, 0.2) is 36.5 Å². The first kappa shape index (κ1) is 13.3. The summed E-state index contributed by atoms with van der Waals surface area (Å²) in [5.74, 6) is 1.23. The lowest BCUT2D eigenvalue weighted by Crippen LogP contribution is -2.31. The molecule has 4 heteroatoms. The Hall–Kier alpha value is -2.10. The molecule has 1 aromatic carbocycles. The topological polar surface area (TPSA) is 55.0 Å². The summed E-state index contributed by atoms with van der Waals surface area (Å²) >= 11 is 0. The maximum atomic E-state index is 5.71. The van der Waals surface area contributed by atoms with Gasteiger partial charge in [-0.05, 0) is 26.3 Å². The molecule has 0 saturated heterocycles. The average molecular weight is 256 g/mol. The van der Waals surface area contributed by atoms with Crippen LogP contribution in [0, 0.1) is 6.92 Å². The number of nitrogens with two attached hydrogens (primary N) is 1. The van der Waals surface area contributed by atoms with Crippen LogP contribution in [0.1, 0.15) is 25.0 Å². The number of rotatable bonds is 4. The van der Waals surface area contributed by atoms with E-state index >= 15 is 0 Å². The van der Waals surface area contributed by atoms with Crippen LogP contribution >= 0.6 is 0 Å². The van der Waals surface area contributed by atoms with Gasteiger partial charge in [-0.1, -0.05) is 30.3 Å². The quantitative estimate of drug-likeness (QED) is 0.914. The van der Waals surface area contributed by atoms with Gasteiger partial charge >= 0.3 is 0 Å². The fourth-order valence-corrected chi connectivity index (χ4v) is 2.02. The van der Waals surface area contributed by atoms with Crippen molar-refractivity contribution in [3.8, 4) is 0 Å². The molecule has 0 atom stereocenters. The molecule has 1 aromatic heterocycles. The summed E-state index contributed by atoms with van der Waals surface area (Å²) in [6, 6.07) is 10.7. The molecule has 2 N–H and O–H groups in total. The van der Waals surface area contributed by atoms with E-state index in [4.69, 9.17) is 5.73 Å². The van der Waals surface area contributed by atoms with E-state index in [9.17, 15) is 0 Å². The standard InChI is InChI=1S/C15H20N4/c1-11(2)19(10-13-7-5-4-6-8-13)14-12(3)9-17-15(16)18-14/h4-9,11H,10H2,1-3H3,(H2,16,17,18). The predicted octanol–water partition coefficient (Wildman–Crippen LogP) is 2.78. The number of benzene rings is 1. The van der Waals surface area contributed by atoms with E-state index in [0.717, 1.165) is 17.9 Å². The second-order valence-electron chi connectivity index (χ2n) is 4.94. The van der Waals surface area contributed by atoms with Crippen molar-refractivity contribution >= 4 is 11.8 Å². The molecule has 0 unspecified atom stereocenters. The molecule has 1 heterocycles. The molecule has 0 radical (unpaired) electrons. The van der Waals surface area contributed by atoms with Gasteiger partial charge in [0.05, 0.1) is 0 Å². The van der Waals surface area contributed by atoms with E-state index in [1.54, 1.807) is 6.20 Å². The molecule has 0 aliphatic heterocycles. The van der Waals surface area contributed by atoms with E-state index in [1.807, 2.05) is 13.0 Å². The number of nitrogens with zero attached hydrogens (tertiary/aromatic N) is 3. The highest BCUT2D eigenvalue weighted by atomic mass is 15.2. The molecule has 0 spiro atoms. The van der Waals surface area contributed by atoms with Crippen LogP contribution in [0.4, 0.5) is 11.8 Å². The van der Waals surface area contributed by atoms with E-state index in [1.165, 1.54) is 5.56 Å².